The predicted octanol–water partition coefficient (Wildman–Crippen LogP) is 4.99. The van der Waals surface area contributed by atoms with Crippen molar-refractivity contribution < 1.29 is 9.53 Å². The van der Waals surface area contributed by atoms with Crippen molar-refractivity contribution in [3.8, 4) is 11.4 Å². The van der Waals surface area contributed by atoms with E-state index < -0.39 is 0 Å². The molecule has 0 radical (unpaired) electrons. The van der Waals surface area contributed by atoms with Crippen LogP contribution in [0.25, 0.3) is 17.0 Å². The van der Waals surface area contributed by atoms with Gasteiger partial charge in [-0.25, -0.2) is 14.8 Å². The molecule has 28 heavy (non-hydrogen) atoms. The minimum Gasteiger partial charge on any atom is -0.462 e. The van der Waals surface area contributed by atoms with Gasteiger partial charge in [0.2, 0.25) is 0 Å². The summed E-state index contributed by atoms with van der Waals surface area (Å²) in [6.45, 7) is 6.22. The molecule has 0 atom stereocenters. The Bertz CT molecular complexity index is 1150. The summed E-state index contributed by atoms with van der Waals surface area (Å²) < 4.78 is 7.09. The second kappa shape index (κ2) is 7.44. The monoisotopic (exact) mass is 392 g/mol. The molecule has 0 bridgehead atoms. The summed E-state index contributed by atoms with van der Waals surface area (Å²) in [4.78, 5) is 21.1. The highest BCUT2D eigenvalue weighted by atomic mass is 32.1. The molecule has 0 saturated heterocycles. The topological polar surface area (TPSA) is 68.5 Å². The van der Waals surface area contributed by atoms with Crippen LogP contribution < -0.4 is 5.32 Å². The van der Waals surface area contributed by atoms with E-state index >= 15 is 0 Å². The average molecular weight is 392 g/mol. The van der Waals surface area contributed by atoms with Crippen LogP contribution in [0, 0.1) is 13.8 Å². The maximum atomic E-state index is 11.8. The van der Waals surface area contributed by atoms with Crippen LogP contribution >= 0.6 is 11.3 Å². The zero-order chi connectivity index (χ0) is 19.7. The van der Waals surface area contributed by atoms with Gasteiger partial charge < -0.3 is 10.1 Å². The first-order chi connectivity index (χ1) is 13.5. The SMILES string of the molecule is CCOC(=O)c1ccc(Nc2nc(-c3c(C)nc4ccc(C)cn34)cs2)cc1. The van der Waals surface area contributed by atoms with Gasteiger partial charge in [0.15, 0.2) is 5.13 Å². The highest BCUT2D eigenvalue weighted by Crippen LogP contribution is 2.30. The first kappa shape index (κ1) is 18.2. The minimum atomic E-state index is -0.316. The van der Waals surface area contributed by atoms with E-state index in [1.165, 1.54) is 16.9 Å². The lowest BCUT2D eigenvalue weighted by Gasteiger charge is -2.05. The number of rotatable bonds is 5. The van der Waals surface area contributed by atoms with Gasteiger partial charge in [-0.2, -0.15) is 0 Å². The summed E-state index contributed by atoms with van der Waals surface area (Å²) in [6.07, 6.45) is 2.07. The van der Waals surface area contributed by atoms with Gasteiger partial charge in [-0.05, 0) is 56.7 Å². The fourth-order valence-electron chi connectivity index (χ4n) is 3.04. The first-order valence-corrected chi connectivity index (χ1v) is 9.88. The molecule has 0 spiro atoms. The van der Waals surface area contributed by atoms with Gasteiger partial charge in [0.05, 0.1) is 23.6 Å². The number of pyridine rings is 1. The summed E-state index contributed by atoms with van der Waals surface area (Å²) in [5.74, 6) is -0.316. The summed E-state index contributed by atoms with van der Waals surface area (Å²) >= 11 is 1.53. The van der Waals surface area contributed by atoms with E-state index in [1.807, 2.05) is 30.5 Å². The van der Waals surface area contributed by atoms with Gasteiger partial charge in [-0.1, -0.05) is 6.07 Å². The van der Waals surface area contributed by atoms with E-state index in [9.17, 15) is 4.79 Å². The Morgan fingerprint density at radius 1 is 1.14 bits per heavy atom. The van der Waals surface area contributed by atoms with Crippen molar-refractivity contribution in [3.05, 3.63) is 64.8 Å². The average Bonchev–Trinajstić information content (AvgIpc) is 3.25. The Labute approximate surface area is 166 Å². The van der Waals surface area contributed by atoms with Crippen LogP contribution in [-0.2, 0) is 4.74 Å². The molecular formula is C21H20N4O2S. The van der Waals surface area contributed by atoms with Gasteiger partial charge in [-0.15, -0.1) is 11.3 Å². The summed E-state index contributed by atoms with van der Waals surface area (Å²) in [7, 11) is 0. The molecule has 4 aromatic rings. The summed E-state index contributed by atoms with van der Waals surface area (Å²) in [5, 5.41) is 6.09. The van der Waals surface area contributed by atoms with Crippen LogP contribution in [0.4, 0.5) is 10.8 Å². The second-order valence-electron chi connectivity index (χ2n) is 6.44. The molecule has 1 aromatic carbocycles. The van der Waals surface area contributed by atoms with Gasteiger partial charge in [-0.3, -0.25) is 4.40 Å². The van der Waals surface area contributed by atoms with Crippen LogP contribution in [0.1, 0.15) is 28.5 Å². The van der Waals surface area contributed by atoms with Gasteiger partial charge in [0, 0.05) is 17.3 Å². The molecule has 0 aliphatic carbocycles. The lowest BCUT2D eigenvalue weighted by Crippen LogP contribution is -2.04. The number of hydrogen-bond acceptors (Lipinski definition) is 6. The minimum absolute atomic E-state index is 0.316. The number of carbonyl (C=O) groups excluding carboxylic acids is 1. The Kier molecular flexibility index (Phi) is 4.83. The van der Waals surface area contributed by atoms with E-state index in [1.54, 1.807) is 19.1 Å². The van der Waals surface area contributed by atoms with Crippen LogP contribution in [0.5, 0.6) is 0 Å². The lowest BCUT2D eigenvalue weighted by molar-refractivity contribution is 0.0526. The van der Waals surface area contributed by atoms with E-state index in [-0.39, 0.29) is 5.97 Å². The third-order valence-corrected chi connectivity index (χ3v) is 5.09. The zero-order valence-corrected chi connectivity index (χ0v) is 16.7. The number of benzene rings is 1. The number of fused-ring (bicyclic) bond motifs is 1. The number of nitrogens with one attached hydrogen (secondary N) is 1. The molecule has 6 nitrogen and oxygen atoms in total. The standard InChI is InChI=1S/C21H20N4O2S/c1-4-27-20(26)15-6-8-16(9-7-15)23-21-24-17(12-28-21)19-14(3)22-18-10-5-13(2)11-25(18)19/h5-12H,4H2,1-3H3,(H,23,24). The van der Waals surface area contributed by atoms with Crippen molar-refractivity contribution in [2.24, 2.45) is 0 Å². The van der Waals surface area contributed by atoms with Crippen molar-refractivity contribution in [1.29, 1.82) is 0 Å². The number of anilines is 2. The number of aromatic nitrogens is 3. The Morgan fingerprint density at radius 2 is 1.93 bits per heavy atom. The number of carbonyl (C=O) groups is 1. The number of hydrogen-bond donors (Lipinski definition) is 1. The molecule has 0 fully saturated rings. The molecular weight excluding hydrogens is 372 g/mol. The molecule has 0 unspecified atom stereocenters. The maximum absolute atomic E-state index is 11.8. The van der Waals surface area contributed by atoms with Crippen molar-refractivity contribution in [2.75, 3.05) is 11.9 Å². The molecule has 0 saturated carbocycles. The van der Waals surface area contributed by atoms with Crippen molar-refractivity contribution in [2.45, 2.75) is 20.8 Å². The molecule has 3 aromatic heterocycles. The van der Waals surface area contributed by atoms with E-state index in [0.717, 1.165) is 33.5 Å². The Hall–Kier alpha value is -3.19. The number of ether oxygens (including phenoxy) is 1. The van der Waals surface area contributed by atoms with Gasteiger partial charge in [0.1, 0.15) is 11.3 Å². The normalized spacial score (nSPS) is 11.0. The van der Waals surface area contributed by atoms with Gasteiger partial charge in [0.25, 0.3) is 0 Å². The Balaban J connectivity index is 1.58. The largest absolute Gasteiger partial charge is 0.462 e. The third-order valence-electron chi connectivity index (χ3n) is 4.33. The van der Waals surface area contributed by atoms with Crippen LogP contribution in [0.2, 0.25) is 0 Å². The molecule has 142 valence electrons. The number of aryl methyl sites for hydroxylation is 2. The summed E-state index contributed by atoms with van der Waals surface area (Å²) in [5.41, 5.74) is 6.30. The highest BCUT2D eigenvalue weighted by molar-refractivity contribution is 7.14. The first-order valence-electron chi connectivity index (χ1n) is 9.00. The Morgan fingerprint density at radius 3 is 2.68 bits per heavy atom. The second-order valence-corrected chi connectivity index (χ2v) is 7.30. The fraction of sp³-hybridized carbons (Fsp3) is 0.190. The van der Waals surface area contributed by atoms with Crippen LogP contribution in [0.15, 0.2) is 48.0 Å². The van der Waals surface area contributed by atoms with Crippen molar-refractivity contribution in [1.82, 2.24) is 14.4 Å². The number of esters is 1. The summed E-state index contributed by atoms with van der Waals surface area (Å²) in [6, 6.07) is 11.2. The molecule has 3 heterocycles. The van der Waals surface area contributed by atoms with Gasteiger partial charge >= 0.3 is 5.97 Å². The fourth-order valence-corrected chi connectivity index (χ4v) is 3.76. The molecule has 0 aliphatic rings. The smallest absolute Gasteiger partial charge is 0.338 e. The predicted molar refractivity (Wildman–Crippen MR) is 111 cm³/mol. The van der Waals surface area contributed by atoms with Crippen LogP contribution in [-0.4, -0.2) is 26.9 Å². The highest BCUT2D eigenvalue weighted by Gasteiger charge is 2.14. The van der Waals surface area contributed by atoms with E-state index in [0.29, 0.717) is 12.2 Å². The number of thiazole rings is 1. The van der Waals surface area contributed by atoms with Crippen LogP contribution in [0.3, 0.4) is 0 Å². The zero-order valence-electron chi connectivity index (χ0n) is 15.9. The van der Waals surface area contributed by atoms with E-state index in [4.69, 9.17) is 9.72 Å². The quantitative estimate of drug-likeness (QED) is 0.484. The van der Waals surface area contributed by atoms with Crippen molar-refractivity contribution in [3.63, 3.8) is 0 Å². The van der Waals surface area contributed by atoms with Crippen molar-refractivity contribution >= 4 is 33.8 Å². The van der Waals surface area contributed by atoms with E-state index in [2.05, 4.69) is 33.9 Å². The molecule has 7 heteroatoms. The third kappa shape index (κ3) is 3.48. The molecule has 1 N–H and O–H groups in total. The molecule has 4 rings (SSSR count). The molecule has 0 aliphatic heterocycles. The molecule has 0 amide bonds. The number of imidazole rings is 1. The lowest BCUT2D eigenvalue weighted by atomic mass is 10.2. The maximum Gasteiger partial charge on any atom is 0.338 e. The number of nitrogens with zero attached hydrogens (tertiary/aromatic N) is 3.